The number of amides is 1. The van der Waals surface area contributed by atoms with E-state index in [9.17, 15) is 24.2 Å². The minimum Gasteiger partial charge on any atom is -0.508 e. The third-order valence-corrected chi connectivity index (χ3v) is 14.6. The fourth-order valence-electron chi connectivity index (χ4n) is 10.5. The summed E-state index contributed by atoms with van der Waals surface area (Å²) in [6.07, 6.45) is 3.41. The van der Waals surface area contributed by atoms with Crippen LogP contribution in [0, 0.1) is 5.92 Å². The van der Waals surface area contributed by atoms with Crippen LogP contribution in [0.3, 0.4) is 0 Å². The number of hydrogen-bond donors (Lipinski definition) is 3. The summed E-state index contributed by atoms with van der Waals surface area (Å²) in [7, 11) is 0. The number of piperazine rings is 2. The van der Waals surface area contributed by atoms with Crippen molar-refractivity contribution in [2.24, 2.45) is 5.92 Å². The maximum absolute atomic E-state index is 13.8. The molecule has 0 unspecified atom stereocenters. The van der Waals surface area contributed by atoms with E-state index >= 15 is 0 Å². The zero-order valence-corrected chi connectivity index (χ0v) is 39.1. The lowest BCUT2D eigenvalue weighted by Gasteiger charge is -2.40. The van der Waals surface area contributed by atoms with Crippen molar-refractivity contribution in [3.05, 3.63) is 123 Å². The first-order chi connectivity index (χ1) is 33.0. The smallest absolute Gasteiger partial charge is 0.348 e. The number of nitrogens with one attached hydrogen (secondary N) is 1. The normalized spacial score (nSPS) is 17.5. The van der Waals surface area contributed by atoms with E-state index in [1.165, 1.54) is 15.5 Å². The topological polar surface area (TPSA) is 153 Å². The van der Waals surface area contributed by atoms with E-state index in [1.807, 2.05) is 43.3 Å². The molecule has 0 radical (unpaired) electrons. The number of phenols is 2. The van der Waals surface area contributed by atoms with Crippen LogP contribution in [0.1, 0.15) is 42.1 Å². The number of halogens is 2. The molecule has 2 aromatic heterocycles. The summed E-state index contributed by atoms with van der Waals surface area (Å²) in [5.41, 5.74) is 5.62. The van der Waals surface area contributed by atoms with Crippen molar-refractivity contribution in [3.8, 4) is 28.6 Å². The van der Waals surface area contributed by atoms with E-state index in [0.717, 1.165) is 128 Å². The fourth-order valence-corrected chi connectivity index (χ4v) is 10.7. The number of benzene rings is 4. The Morgan fingerprint density at radius 2 is 1.56 bits per heavy atom. The Balaban J connectivity index is 0.769. The molecule has 6 aromatic rings. The quantitative estimate of drug-likeness (QED) is 0.121. The molecular weight excluding hydrogens is 885 g/mol. The summed E-state index contributed by atoms with van der Waals surface area (Å²) in [5.74, 6) is 0.786. The van der Waals surface area contributed by atoms with Gasteiger partial charge in [0.2, 0.25) is 5.95 Å². The Morgan fingerprint density at radius 1 is 0.838 bits per heavy atom. The zero-order valence-electron chi connectivity index (χ0n) is 38.4. The molecule has 3 fully saturated rings. The highest BCUT2D eigenvalue weighted by Crippen LogP contribution is 2.38. The van der Waals surface area contributed by atoms with Crippen LogP contribution in [0.25, 0.3) is 27.8 Å². The fraction of sp³-hybridized carbons (Fsp3) is 0.392. The molecule has 68 heavy (non-hydrogen) atoms. The molecule has 10 rings (SSSR count). The first-order valence-electron chi connectivity index (χ1n) is 23.7. The van der Waals surface area contributed by atoms with Crippen molar-refractivity contribution in [1.82, 2.24) is 39.4 Å². The molecule has 4 aliphatic heterocycles. The number of fused-ring (bicyclic) bond motifs is 2. The highest BCUT2D eigenvalue weighted by atomic mass is 35.5. The van der Waals surface area contributed by atoms with Gasteiger partial charge in [-0.05, 0) is 78.4 Å². The van der Waals surface area contributed by atoms with E-state index in [4.69, 9.17) is 21.6 Å². The molecule has 0 aliphatic carbocycles. The van der Waals surface area contributed by atoms with Gasteiger partial charge < -0.3 is 34.7 Å². The Morgan fingerprint density at radius 3 is 2.28 bits per heavy atom. The number of nitrogens with zero attached hydrogens (tertiary/aromatic N) is 10. The van der Waals surface area contributed by atoms with Crippen LogP contribution in [0.5, 0.6) is 11.5 Å². The molecule has 0 atom stereocenters. The maximum Gasteiger partial charge on any atom is 0.348 e. The number of rotatable bonds is 11. The number of H-pyrrole nitrogens is 1. The van der Waals surface area contributed by atoms with Crippen LogP contribution >= 0.6 is 11.6 Å². The van der Waals surface area contributed by atoms with Crippen LogP contribution in [-0.2, 0) is 30.7 Å². The molecule has 3 N–H and O–H groups in total. The summed E-state index contributed by atoms with van der Waals surface area (Å²) in [4.78, 5) is 49.5. The lowest BCUT2D eigenvalue weighted by molar-refractivity contribution is -0.128. The molecule has 1 amide bonds. The predicted molar refractivity (Wildman–Crippen MR) is 264 cm³/mol. The Labute approximate surface area is 399 Å². The molecule has 6 heterocycles. The van der Waals surface area contributed by atoms with Crippen molar-refractivity contribution in [2.75, 3.05) is 93.2 Å². The molecule has 4 aromatic carbocycles. The number of aromatic hydroxyl groups is 2. The number of hydrogen-bond acceptors (Lipinski definition) is 12. The largest absolute Gasteiger partial charge is 0.508 e. The zero-order chi connectivity index (χ0) is 47.1. The second-order valence-electron chi connectivity index (χ2n) is 18.5. The van der Waals surface area contributed by atoms with Crippen LogP contribution in [0.2, 0.25) is 5.02 Å². The molecule has 354 valence electrons. The number of aromatic nitrogens is 5. The lowest BCUT2D eigenvalue weighted by Crippen LogP contribution is -2.50. The molecule has 15 nitrogen and oxygen atoms in total. The van der Waals surface area contributed by atoms with Crippen molar-refractivity contribution < 1.29 is 19.4 Å². The monoisotopic (exact) mass is 941 g/mol. The van der Waals surface area contributed by atoms with Gasteiger partial charge in [0.05, 0.1) is 28.5 Å². The number of phenolic OH excluding ortho intramolecular Hbond substituents is 2. The van der Waals surface area contributed by atoms with Crippen LogP contribution < -0.4 is 20.4 Å². The van der Waals surface area contributed by atoms with E-state index < -0.39 is 17.4 Å². The molecular formula is C51H57ClFN11O4. The van der Waals surface area contributed by atoms with E-state index in [2.05, 4.69) is 65.5 Å². The Hall–Kier alpha value is -6.49. The van der Waals surface area contributed by atoms with E-state index in [0.29, 0.717) is 61.9 Å². The van der Waals surface area contributed by atoms with Gasteiger partial charge in [-0.2, -0.15) is 10.1 Å². The Kier molecular flexibility index (Phi) is 12.8. The summed E-state index contributed by atoms with van der Waals surface area (Å²) in [5, 5.41) is 30.4. The lowest BCUT2D eigenvalue weighted by atomic mass is 9.96. The van der Waals surface area contributed by atoms with Gasteiger partial charge in [-0.15, -0.1) is 0 Å². The molecule has 4 aliphatic rings. The SMILES string of the molecule is C=C(F)C(=O)N1CCN(c2nc(N3CCC(CN4CCN(Cc5ccc(-n6c(-c7cc(CC)c(O)cc7O)n[nH]c6=O)cc5)CC4)CC3)nc3c2CCN(c2cccc4cccc(Cl)c24)C3)CC1. The maximum atomic E-state index is 13.8. The van der Waals surface area contributed by atoms with Crippen LogP contribution in [0.15, 0.2) is 90.0 Å². The highest BCUT2D eigenvalue weighted by Gasteiger charge is 2.32. The van der Waals surface area contributed by atoms with Gasteiger partial charge >= 0.3 is 5.69 Å². The minimum absolute atomic E-state index is 0.00325. The van der Waals surface area contributed by atoms with Crippen LogP contribution in [0.4, 0.5) is 21.8 Å². The molecule has 0 spiro atoms. The molecule has 17 heteroatoms. The van der Waals surface area contributed by atoms with Gasteiger partial charge in [-0.1, -0.05) is 61.5 Å². The summed E-state index contributed by atoms with van der Waals surface area (Å²) >= 11 is 6.80. The number of aryl methyl sites for hydroxylation is 1. The summed E-state index contributed by atoms with van der Waals surface area (Å²) < 4.78 is 15.2. The minimum atomic E-state index is -0.928. The molecule has 3 saturated heterocycles. The first-order valence-corrected chi connectivity index (χ1v) is 24.1. The highest BCUT2D eigenvalue weighted by molar-refractivity contribution is 6.36. The van der Waals surface area contributed by atoms with Gasteiger partial charge in [0.25, 0.3) is 5.91 Å². The number of carbonyl (C=O) groups is 1. The van der Waals surface area contributed by atoms with Gasteiger partial charge in [-0.3, -0.25) is 9.69 Å². The Bertz CT molecular complexity index is 2900. The van der Waals surface area contributed by atoms with Gasteiger partial charge in [0.15, 0.2) is 11.7 Å². The number of aromatic amines is 1. The predicted octanol–water partition coefficient (Wildman–Crippen LogP) is 6.53. The average Bonchev–Trinajstić information content (AvgIpc) is 3.74. The van der Waals surface area contributed by atoms with E-state index in [-0.39, 0.29) is 17.3 Å². The van der Waals surface area contributed by atoms with Crippen molar-refractivity contribution in [1.29, 1.82) is 0 Å². The van der Waals surface area contributed by atoms with Gasteiger partial charge in [0, 0.05) is 108 Å². The van der Waals surface area contributed by atoms with Crippen molar-refractivity contribution in [2.45, 2.75) is 45.7 Å². The van der Waals surface area contributed by atoms with E-state index in [1.54, 1.807) is 6.07 Å². The van der Waals surface area contributed by atoms with Gasteiger partial charge in [-0.25, -0.2) is 23.8 Å². The first kappa shape index (κ1) is 45.3. The molecule has 0 bridgehead atoms. The second-order valence-corrected chi connectivity index (χ2v) is 18.9. The molecule has 0 saturated carbocycles. The van der Waals surface area contributed by atoms with Gasteiger partial charge in [0.1, 0.15) is 17.3 Å². The standard InChI is InChI=1S/C51H57ClFN11O4/c1-3-36-28-40(45(66)29-44(36)65)48-56-57-51(68)64(48)38-12-10-34(11-13-38)30-58-20-22-59(23-21-58)31-35-14-17-62(18-15-35)50-54-42-32-63(43-9-5-7-37-6-4-8-41(52)46(37)43)19-16-39(42)47(55-50)60-24-26-61(27-25-60)49(67)33(2)53/h4-13,28-29,35,65-66H,2-3,14-27,30-32H2,1H3,(H,57,68). The average molecular weight is 943 g/mol. The number of piperidine rings is 1. The summed E-state index contributed by atoms with van der Waals surface area (Å²) in [6.45, 7) is 16.0. The number of anilines is 3. The third kappa shape index (κ3) is 9.11. The summed E-state index contributed by atoms with van der Waals surface area (Å²) in [6, 6.07) is 23.2. The number of carbonyl (C=O) groups excluding carboxylic acids is 1. The van der Waals surface area contributed by atoms with Crippen LogP contribution in [-0.4, -0.2) is 134 Å². The second kappa shape index (κ2) is 19.2. The third-order valence-electron chi connectivity index (χ3n) is 14.3. The van der Waals surface area contributed by atoms with Crippen molar-refractivity contribution >= 4 is 45.7 Å². The van der Waals surface area contributed by atoms with Crippen molar-refractivity contribution in [3.63, 3.8) is 0 Å².